The molecule has 4 rings (SSSR count). The molecule has 0 bridgehead atoms. The summed E-state index contributed by atoms with van der Waals surface area (Å²) in [4.78, 5) is 5.99. The van der Waals surface area contributed by atoms with Crippen molar-refractivity contribution < 1.29 is 23.8 Å². The number of hydrogen-bond donors (Lipinski definition) is 0. The maximum absolute atomic E-state index is 6.21. The highest BCUT2D eigenvalue weighted by Gasteiger charge is 2.61. The van der Waals surface area contributed by atoms with Gasteiger partial charge in [0.05, 0.1) is 13.2 Å². The second-order valence-corrected chi connectivity index (χ2v) is 7.05. The molecule has 3 aliphatic heterocycles. The monoisotopic (exact) mass is 335 g/mol. The zero-order valence-corrected chi connectivity index (χ0v) is 14.4. The van der Waals surface area contributed by atoms with Crippen molar-refractivity contribution in [3.8, 4) is 0 Å². The molecule has 0 saturated carbocycles. The summed E-state index contributed by atoms with van der Waals surface area (Å²) in [7, 11) is 1.69. The van der Waals surface area contributed by atoms with Gasteiger partial charge in [-0.05, 0) is 19.4 Å². The van der Waals surface area contributed by atoms with Crippen LogP contribution in [0.5, 0.6) is 0 Å². The lowest BCUT2D eigenvalue weighted by Gasteiger charge is -2.52. The molecule has 0 N–H and O–H groups in total. The Kier molecular flexibility index (Phi) is 4.15. The van der Waals surface area contributed by atoms with Crippen molar-refractivity contribution in [2.75, 3.05) is 20.3 Å². The van der Waals surface area contributed by atoms with Crippen molar-refractivity contribution in [2.45, 2.75) is 56.6 Å². The standard InChI is InChI=1S/C18H25NO5/c1-17(2)23-14-12-21-18(20-3)9-10-22-19(16(18)15(14)24-17)11-13-7-5-4-6-8-13/h4-8,14-16H,9-12H2,1-3H3/t14-,15-,16-,18?/m0/s1. The number of benzene rings is 1. The van der Waals surface area contributed by atoms with E-state index >= 15 is 0 Å². The molecule has 1 aromatic carbocycles. The lowest BCUT2D eigenvalue weighted by molar-refractivity contribution is -0.385. The molecule has 3 saturated heterocycles. The number of fused-ring (bicyclic) bond motifs is 3. The van der Waals surface area contributed by atoms with Crippen LogP contribution in [0.25, 0.3) is 0 Å². The van der Waals surface area contributed by atoms with Crippen LogP contribution in [0.2, 0.25) is 0 Å². The molecule has 0 spiro atoms. The van der Waals surface area contributed by atoms with Crippen LogP contribution in [0.15, 0.2) is 30.3 Å². The Morgan fingerprint density at radius 3 is 2.75 bits per heavy atom. The van der Waals surface area contributed by atoms with Crippen LogP contribution in [-0.4, -0.2) is 55.2 Å². The molecular formula is C18H25NO5. The van der Waals surface area contributed by atoms with Crippen molar-refractivity contribution in [3.05, 3.63) is 35.9 Å². The molecule has 1 unspecified atom stereocenters. The highest BCUT2D eigenvalue weighted by molar-refractivity contribution is 5.15. The van der Waals surface area contributed by atoms with Gasteiger partial charge in [-0.1, -0.05) is 30.3 Å². The summed E-state index contributed by atoms with van der Waals surface area (Å²) < 4.78 is 24.2. The molecule has 24 heavy (non-hydrogen) atoms. The third-order valence-corrected chi connectivity index (χ3v) is 5.02. The van der Waals surface area contributed by atoms with E-state index in [-0.39, 0.29) is 18.2 Å². The largest absolute Gasteiger partial charge is 0.351 e. The molecule has 6 heteroatoms. The van der Waals surface area contributed by atoms with Gasteiger partial charge in [-0.2, -0.15) is 5.06 Å². The van der Waals surface area contributed by atoms with E-state index in [0.717, 1.165) is 0 Å². The number of ether oxygens (including phenoxy) is 4. The molecule has 0 aromatic heterocycles. The Morgan fingerprint density at radius 1 is 1.21 bits per heavy atom. The van der Waals surface area contributed by atoms with Crippen molar-refractivity contribution >= 4 is 0 Å². The summed E-state index contributed by atoms with van der Waals surface area (Å²) >= 11 is 0. The second kappa shape index (κ2) is 6.05. The molecule has 6 nitrogen and oxygen atoms in total. The van der Waals surface area contributed by atoms with Crippen LogP contribution in [0.3, 0.4) is 0 Å². The van der Waals surface area contributed by atoms with Gasteiger partial charge in [0.2, 0.25) is 0 Å². The zero-order chi connectivity index (χ0) is 16.8. The van der Waals surface area contributed by atoms with Gasteiger partial charge in [-0.3, -0.25) is 4.84 Å². The summed E-state index contributed by atoms with van der Waals surface area (Å²) in [6.45, 7) is 5.54. The fourth-order valence-electron chi connectivity index (χ4n) is 4.00. The molecule has 3 heterocycles. The molecule has 0 radical (unpaired) electrons. The van der Waals surface area contributed by atoms with E-state index in [1.807, 2.05) is 37.1 Å². The van der Waals surface area contributed by atoms with E-state index in [0.29, 0.717) is 26.2 Å². The van der Waals surface area contributed by atoms with Gasteiger partial charge < -0.3 is 18.9 Å². The Labute approximate surface area is 142 Å². The summed E-state index contributed by atoms with van der Waals surface area (Å²) in [5, 5.41) is 1.95. The predicted octanol–water partition coefficient (Wildman–Crippen LogP) is 2.09. The Balaban J connectivity index is 1.64. The minimum Gasteiger partial charge on any atom is -0.351 e. The van der Waals surface area contributed by atoms with Crippen LogP contribution in [0.4, 0.5) is 0 Å². The number of nitrogens with zero attached hydrogens (tertiary/aromatic N) is 1. The van der Waals surface area contributed by atoms with Gasteiger partial charge in [0, 0.05) is 20.1 Å². The zero-order valence-electron chi connectivity index (χ0n) is 14.4. The average molecular weight is 335 g/mol. The highest BCUT2D eigenvalue weighted by atomic mass is 16.8. The fraction of sp³-hybridized carbons (Fsp3) is 0.667. The lowest BCUT2D eigenvalue weighted by atomic mass is 9.90. The Hall–Kier alpha value is -1.02. The van der Waals surface area contributed by atoms with Gasteiger partial charge in [0.25, 0.3) is 0 Å². The third-order valence-electron chi connectivity index (χ3n) is 5.02. The number of hydroxylamine groups is 2. The Morgan fingerprint density at radius 2 is 2.00 bits per heavy atom. The highest BCUT2D eigenvalue weighted by Crippen LogP contribution is 2.44. The van der Waals surface area contributed by atoms with E-state index in [4.69, 9.17) is 23.8 Å². The first-order chi connectivity index (χ1) is 11.5. The molecule has 3 fully saturated rings. The van der Waals surface area contributed by atoms with Crippen LogP contribution >= 0.6 is 0 Å². The van der Waals surface area contributed by atoms with Gasteiger partial charge in [-0.15, -0.1) is 0 Å². The molecule has 3 aliphatic rings. The molecule has 0 aliphatic carbocycles. The smallest absolute Gasteiger partial charge is 0.190 e. The topological polar surface area (TPSA) is 49.4 Å². The van der Waals surface area contributed by atoms with Crippen LogP contribution in [-0.2, 0) is 30.3 Å². The summed E-state index contributed by atoms with van der Waals surface area (Å²) in [6, 6.07) is 10.1. The normalized spacial score (nSPS) is 38.5. The Bertz CT molecular complexity index is 580. The first-order valence-corrected chi connectivity index (χ1v) is 8.51. The SMILES string of the molecule is COC12CCON(Cc3ccccc3)[C@H]1[C@H]1OC(C)(C)O[C@H]1CO2. The van der Waals surface area contributed by atoms with Gasteiger partial charge in [0.1, 0.15) is 18.2 Å². The van der Waals surface area contributed by atoms with Gasteiger partial charge >= 0.3 is 0 Å². The van der Waals surface area contributed by atoms with Crippen molar-refractivity contribution in [1.82, 2.24) is 5.06 Å². The van der Waals surface area contributed by atoms with Gasteiger partial charge in [0.15, 0.2) is 11.6 Å². The summed E-state index contributed by atoms with van der Waals surface area (Å²) in [5.41, 5.74) is 1.17. The lowest BCUT2D eigenvalue weighted by Crippen LogP contribution is -2.69. The minimum absolute atomic E-state index is 0.117. The van der Waals surface area contributed by atoms with Crippen LogP contribution in [0.1, 0.15) is 25.8 Å². The molecule has 0 amide bonds. The van der Waals surface area contributed by atoms with Crippen molar-refractivity contribution in [1.29, 1.82) is 0 Å². The maximum atomic E-state index is 6.21. The quantitative estimate of drug-likeness (QED) is 0.843. The van der Waals surface area contributed by atoms with Crippen molar-refractivity contribution in [3.63, 3.8) is 0 Å². The first-order valence-electron chi connectivity index (χ1n) is 8.51. The van der Waals surface area contributed by atoms with E-state index in [9.17, 15) is 0 Å². The van der Waals surface area contributed by atoms with Crippen LogP contribution < -0.4 is 0 Å². The molecule has 132 valence electrons. The summed E-state index contributed by atoms with van der Waals surface area (Å²) in [5.74, 6) is -1.35. The number of methoxy groups -OCH3 is 1. The second-order valence-electron chi connectivity index (χ2n) is 7.05. The summed E-state index contributed by atoms with van der Waals surface area (Å²) in [6.07, 6.45) is 0.401. The van der Waals surface area contributed by atoms with E-state index in [2.05, 4.69) is 12.1 Å². The molecule has 1 aromatic rings. The predicted molar refractivity (Wildman–Crippen MR) is 85.9 cm³/mol. The fourth-order valence-corrected chi connectivity index (χ4v) is 4.00. The number of rotatable bonds is 3. The van der Waals surface area contributed by atoms with E-state index in [1.54, 1.807) is 7.11 Å². The van der Waals surface area contributed by atoms with Crippen LogP contribution in [0, 0.1) is 0 Å². The maximum Gasteiger partial charge on any atom is 0.190 e. The van der Waals surface area contributed by atoms with E-state index < -0.39 is 11.6 Å². The van der Waals surface area contributed by atoms with E-state index in [1.165, 1.54) is 5.56 Å². The van der Waals surface area contributed by atoms with Crippen molar-refractivity contribution in [2.24, 2.45) is 0 Å². The first kappa shape index (κ1) is 16.4. The molecule has 4 atom stereocenters. The third kappa shape index (κ3) is 2.77. The average Bonchev–Trinajstić information content (AvgIpc) is 2.89. The number of hydrogen-bond acceptors (Lipinski definition) is 6. The molecular weight excluding hydrogens is 310 g/mol. The van der Waals surface area contributed by atoms with Gasteiger partial charge in [-0.25, -0.2) is 0 Å². The minimum atomic E-state index is -0.724.